The highest BCUT2D eigenvalue weighted by Gasteiger charge is 2.07. The average Bonchev–Trinajstić information content (AvgIpc) is 2.48. The molecule has 23 heavy (non-hydrogen) atoms. The molecule has 0 unspecified atom stereocenters. The Morgan fingerprint density at radius 3 is 2.57 bits per heavy atom. The number of carbonyl (C=O) groups excluding carboxylic acids is 1. The molecule has 2 aromatic carbocycles. The van der Waals surface area contributed by atoms with E-state index in [9.17, 15) is 13.6 Å². The van der Waals surface area contributed by atoms with Gasteiger partial charge < -0.3 is 10.1 Å². The van der Waals surface area contributed by atoms with Gasteiger partial charge in [-0.25, -0.2) is 8.78 Å². The number of halogens is 2. The van der Waals surface area contributed by atoms with Crippen molar-refractivity contribution in [2.24, 2.45) is 0 Å². The van der Waals surface area contributed by atoms with Gasteiger partial charge >= 0.3 is 0 Å². The summed E-state index contributed by atoms with van der Waals surface area (Å²) in [6.45, 7) is 2.49. The second-order valence-corrected chi connectivity index (χ2v) is 5.73. The van der Waals surface area contributed by atoms with Crippen LogP contribution in [0.25, 0.3) is 0 Å². The highest BCUT2D eigenvalue weighted by atomic mass is 32.2. The van der Waals surface area contributed by atoms with Crippen LogP contribution in [0.1, 0.15) is 12.5 Å². The van der Waals surface area contributed by atoms with E-state index in [1.54, 1.807) is 0 Å². The summed E-state index contributed by atoms with van der Waals surface area (Å²) in [4.78, 5) is 11.8. The van der Waals surface area contributed by atoms with Crippen molar-refractivity contribution in [3.05, 3.63) is 59.7 Å². The summed E-state index contributed by atoms with van der Waals surface area (Å²) in [5, 5.41) is 2.48. The molecule has 0 radical (unpaired) electrons. The number of rotatable bonds is 7. The summed E-state index contributed by atoms with van der Waals surface area (Å²) in [6.07, 6.45) is 0. The van der Waals surface area contributed by atoms with Crippen LogP contribution in [0.5, 0.6) is 5.75 Å². The molecule has 0 aromatic heterocycles. The van der Waals surface area contributed by atoms with Crippen molar-refractivity contribution in [3.63, 3.8) is 0 Å². The lowest BCUT2D eigenvalue weighted by Crippen LogP contribution is -2.14. The standard InChI is InChI=1S/C17H17F2NO2S/c1-2-22-16-6-4-3-5-12(16)10-23-11-17(21)20-15-8-13(18)7-14(19)9-15/h3-9H,2,10-11H2,1H3,(H,20,21). The maximum Gasteiger partial charge on any atom is 0.234 e. The molecule has 0 fully saturated rings. The first-order valence-corrected chi connectivity index (χ1v) is 8.28. The molecule has 0 saturated heterocycles. The second kappa shape index (κ2) is 8.53. The number of nitrogens with one attached hydrogen (secondary N) is 1. The van der Waals surface area contributed by atoms with Gasteiger partial charge in [0.1, 0.15) is 17.4 Å². The largest absolute Gasteiger partial charge is 0.494 e. The number of hydrogen-bond acceptors (Lipinski definition) is 3. The topological polar surface area (TPSA) is 38.3 Å². The lowest BCUT2D eigenvalue weighted by atomic mass is 10.2. The van der Waals surface area contributed by atoms with Gasteiger partial charge in [-0.3, -0.25) is 4.79 Å². The molecule has 1 N–H and O–H groups in total. The Hall–Kier alpha value is -2.08. The predicted molar refractivity (Wildman–Crippen MR) is 88.8 cm³/mol. The van der Waals surface area contributed by atoms with Crippen LogP contribution in [-0.2, 0) is 10.5 Å². The zero-order valence-corrected chi connectivity index (χ0v) is 13.5. The number of amides is 1. The third-order valence-corrected chi connectivity index (χ3v) is 3.89. The van der Waals surface area contributed by atoms with Gasteiger partial charge in [-0.05, 0) is 25.1 Å². The van der Waals surface area contributed by atoms with E-state index in [4.69, 9.17) is 4.74 Å². The van der Waals surface area contributed by atoms with E-state index in [1.807, 2.05) is 31.2 Å². The smallest absolute Gasteiger partial charge is 0.234 e. The Labute approximate surface area is 138 Å². The fourth-order valence-electron chi connectivity index (χ4n) is 2.00. The van der Waals surface area contributed by atoms with E-state index >= 15 is 0 Å². The number of benzene rings is 2. The third kappa shape index (κ3) is 5.56. The van der Waals surface area contributed by atoms with E-state index in [0.29, 0.717) is 12.4 Å². The van der Waals surface area contributed by atoms with Gasteiger partial charge in [-0.2, -0.15) is 0 Å². The van der Waals surface area contributed by atoms with Gasteiger partial charge in [0.15, 0.2) is 0 Å². The molecule has 0 aliphatic rings. The maximum atomic E-state index is 13.1. The Kier molecular flexibility index (Phi) is 6.40. The summed E-state index contributed by atoms with van der Waals surface area (Å²) in [5.74, 6) is -0.166. The molecule has 0 aliphatic carbocycles. The summed E-state index contributed by atoms with van der Waals surface area (Å²) in [5.41, 5.74) is 1.12. The van der Waals surface area contributed by atoms with Crippen molar-refractivity contribution in [2.45, 2.75) is 12.7 Å². The molecular weight excluding hydrogens is 320 g/mol. The number of anilines is 1. The van der Waals surface area contributed by atoms with E-state index in [-0.39, 0.29) is 17.3 Å². The second-order valence-electron chi connectivity index (χ2n) is 4.74. The maximum absolute atomic E-state index is 13.1. The number of para-hydroxylation sites is 1. The zero-order chi connectivity index (χ0) is 16.7. The molecule has 6 heteroatoms. The van der Waals surface area contributed by atoms with Crippen molar-refractivity contribution >= 4 is 23.4 Å². The number of carbonyl (C=O) groups is 1. The van der Waals surface area contributed by atoms with Crippen LogP contribution in [-0.4, -0.2) is 18.3 Å². The third-order valence-electron chi connectivity index (χ3n) is 2.91. The molecule has 2 aromatic rings. The fraction of sp³-hybridized carbons (Fsp3) is 0.235. The van der Waals surface area contributed by atoms with Crippen LogP contribution in [0.3, 0.4) is 0 Å². The van der Waals surface area contributed by atoms with Crippen LogP contribution in [0.2, 0.25) is 0 Å². The van der Waals surface area contributed by atoms with Crippen LogP contribution >= 0.6 is 11.8 Å². The first-order chi connectivity index (χ1) is 11.1. The van der Waals surface area contributed by atoms with Crippen molar-refractivity contribution in [1.29, 1.82) is 0 Å². The summed E-state index contributed by atoms with van der Waals surface area (Å²) < 4.78 is 31.6. The first-order valence-electron chi connectivity index (χ1n) is 7.13. The van der Waals surface area contributed by atoms with Gasteiger partial charge in [-0.15, -0.1) is 11.8 Å². The molecule has 0 aliphatic heterocycles. The first kappa shape index (κ1) is 17.3. The van der Waals surface area contributed by atoms with E-state index in [0.717, 1.165) is 29.5 Å². The van der Waals surface area contributed by atoms with Crippen molar-refractivity contribution in [2.75, 3.05) is 17.7 Å². The minimum Gasteiger partial charge on any atom is -0.494 e. The zero-order valence-electron chi connectivity index (χ0n) is 12.6. The fourth-order valence-corrected chi connectivity index (χ4v) is 2.81. The molecule has 0 spiro atoms. The quantitative estimate of drug-likeness (QED) is 0.821. The number of ether oxygens (including phenoxy) is 1. The molecule has 3 nitrogen and oxygen atoms in total. The van der Waals surface area contributed by atoms with Crippen LogP contribution in [0.15, 0.2) is 42.5 Å². The van der Waals surface area contributed by atoms with E-state index in [1.165, 1.54) is 11.8 Å². The molecular formula is C17H17F2NO2S. The Bertz CT molecular complexity index is 659. The van der Waals surface area contributed by atoms with Crippen molar-refractivity contribution in [3.8, 4) is 5.75 Å². The van der Waals surface area contributed by atoms with Crippen molar-refractivity contribution in [1.82, 2.24) is 0 Å². The van der Waals surface area contributed by atoms with Gasteiger partial charge in [0, 0.05) is 23.1 Å². The van der Waals surface area contributed by atoms with Crippen LogP contribution in [0, 0.1) is 11.6 Å². The number of hydrogen-bond donors (Lipinski definition) is 1. The van der Waals surface area contributed by atoms with Gasteiger partial charge in [0.05, 0.1) is 12.4 Å². The Morgan fingerprint density at radius 1 is 1.17 bits per heavy atom. The van der Waals surface area contributed by atoms with Gasteiger partial charge in [0.25, 0.3) is 0 Å². The molecule has 122 valence electrons. The minimum absolute atomic E-state index is 0.114. The van der Waals surface area contributed by atoms with E-state index in [2.05, 4.69) is 5.32 Å². The minimum atomic E-state index is -0.724. The lowest BCUT2D eigenvalue weighted by Gasteiger charge is -2.10. The monoisotopic (exact) mass is 337 g/mol. The van der Waals surface area contributed by atoms with Crippen molar-refractivity contribution < 1.29 is 18.3 Å². The van der Waals surface area contributed by atoms with E-state index < -0.39 is 11.6 Å². The molecule has 0 saturated carbocycles. The average molecular weight is 337 g/mol. The number of thioether (sulfide) groups is 1. The molecule has 1 amide bonds. The molecule has 0 atom stereocenters. The summed E-state index contributed by atoms with van der Waals surface area (Å²) in [6, 6.07) is 10.5. The Balaban J connectivity index is 1.85. The predicted octanol–water partition coefficient (Wildman–Crippen LogP) is 4.24. The Morgan fingerprint density at radius 2 is 1.87 bits per heavy atom. The normalized spacial score (nSPS) is 10.4. The SMILES string of the molecule is CCOc1ccccc1CSCC(=O)Nc1cc(F)cc(F)c1. The highest BCUT2D eigenvalue weighted by molar-refractivity contribution is 7.99. The van der Waals surface area contributed by atoms with Crippen LogP contribution in [0.4, 0.5) is 14.5 Å². The molecule has 2 rings (SSSR count). The van der Waals surface area contributed by atoms with Gasteiger partial charge in [0.2, 0.25) is 5.91 Å². The lowest BCUT2D eigenvalue weighted by molar-refractivity contribution is -0.113. The highest BCUT2D eigenvalue weighted by Crippen LogP contribution is 2.23. The van der Waals surface area contributed by atoms with Gasteiger partial charge in [-0.1, -0.05) is 18.2 Å². The molecule has 0 heterocycles. The summed E-state index contributed by atoms with van der Waals surface area (Å²) in [7, 11) is 0. The summed E-state index contributed by atoms with van der Waals surface area (Å²) >= 11 is 1.40. The van der Waals surface area contributed by atoms with Crippen LogP contribution < -0.4 is 10.1 Å². The molecule has 0 bridgehead atoms.